The maximum absolute atomic E-state index is 13.5. The topological polar surface area (TPSA) is 120 Å². The number of rotatable bonds is 11. The first kappa shape index (κ1) is 28.9. The molecule has 1 aromatic heterocycles. The molecule has 40 heavy (non-hydrogen) atoms. The number of ether oxygens (including phenoxy) is 4. The SMILES string of the molecule is CCCCOc1ccc(C(O)=C2C(=O)C(=O)N(c3nnc(C(C)C)s3)[C@@H]2c2cc(OC)c(OC)c(OC)c2)cc1. The van der Waals surface area contributed by atoms with Crippen molar-refractivity contribution in [1.82, 2.24) is 10.2 Å². The van der Waals surface area contributed by atoms with Gasteiger partial charge in [-0.25, -0.2) is 0 Å². The van der Waals surface area contributed by atoms with Crippen LogP contribution in [0.3, 0.4) is 0 Å². The second-order valence-corrected chi connectivity index (χ2v) is 10.4. The zero-order valence-corrected chi connectivity index (χ0v) is 24.2. The first-order chi connectivity index (χ1) is 19.2. The van der Waals surface area contributed by atoms with Crippen LogP contribution in [-0.2, 0) is 9.59 Å². The lowest BCUT2D eigenvalue weighted by Crippen LogP contribution is -2.29. The highest BCUT2D eigenvalue weighted by Crippen LogP contribution is 2.47. The van der Waals surface area contributed by atoms with Gasteiger partial charge < -0.3 is 24.1 Å². The second-order valence-electron chi connectivity index (χ2n) is 9.43. The first-order valence-corrected chi connectivity index (χ1v) is 13.7. The second kappa shape index (κ2) is 12.4. The molecule has 3 aromatic rings. The molecule has 212 valence electrons. The molecule has 1 atom stereocenters. The summed E-state index contributed by atoms with van der Waals surface area (Å²) in [7, 11) is 4.43. The molecule has 1 saturated heterocycles. The minimum Gasteiger partial charge on any atom is -0.507 e. The van der Waals surface area contributed by atoms with Gasteiger partial charge in [-0.15, -0.1) is 10.2 Å². The molecular weight excluding hydrogens is 534 g/mol. The molecule has 2 heterocycles. The number of unbranched alkanes of at least 4 members (excludes halogenated alkanes) is 1. The molecule has 1 aliphatic heterocycles. The van der Waals surface area contributed by atoms with Crippen molar-refractivity contribution in [2.45, 2.75) is 45.6 Å². The van der Waals surface area contributed by atoms with Crippen LogP contribution in [-0.4, -0.2) is 54.9 Å². The number of amides is 1. The Morgan fingerprint density at radius 1 is 1.02 bits per heavy atom. The van der Waals surface area contributed by atoms with E-state index in [-0.39, 0.29) is 22.4 Å². The molecular formula is C29H33N3O7S. The number of aliphatic hydroxyl groups excluding tert-OH is 1. The largest absolute Gasteiger partial charge is 0.507 e. The fourth-order valence-electron chi connectivity index (χ4n) is 4.36. The number of benzene rings is 2. The van der Waals surface area contributed by atoms with Crippen LogP contribution < -0.4 is 23.8 Å². The Bertz CT molecular complexity index is 1390. The summed E-state index contributed by atoms with van der Waals surface area (Å²) >= 11 is 1.21. The Morgan fingerprint density at radius 2 is 1.68 bits per heavy atom. The number of anilines is 1. The Morgan fingerprint density at radius 3 is 2.20 bits per heavy atom. The van der Waals surface area contributed by atoms with Gasteiger partial charge >= 0.3 is 5.91 Å². The van der Waals surface area contributed by atoms with E-state index in [1.165, 1.54) is 37.6 Å². The highest BCUT2D eigenvalue weighted by Gasteiger charge is 2.49. The maximum atomic E-state index is 13.5. The van der Waals surface area contributed by atoms with E-state index in [0.717, 1.165) is 12.8 Å². The van der Waals surface area contributed by atoms with E-state index in [9.17, 15) is 14.7 Å². The average Bonchev–Trinajstić information content (AvgIpc) is 3.55. The van der Waals surface area contributed by atoms with E-state index in [1.807, 2.05) is 13.8 Å². The fraction of sp³-hybridized carbons (Fsp3) is 0.379. The van der Waals surface area contributed by atoms with Crippen LogP contribution in [0, 0.1) is 0 Å². The average molecular weight is 568 g/mol. The first-order valence-electron chi connectivity index (χ1n) is 12.9. The van der Waals surface area contributed by atoms with E-state index in [2.05, 4.69) is 17.1 Å². The lowest BCUT2D eigenvalue weighted by molar-refractivity contribution is -0.132. The van der Waals surface area contributed by atoms with Crippen molar-refractivity contribution in [2.24, 2.45) is 0 Å². The predicted octanol–water partition coefficient (Wildman–Crippen LogP) is 5.49. The fourth-order valence-corrected chi connectivity index (χ4v) is 5.23. The van der Waals surface area contributed by atoms with Crippen LogP contribution in [0.25, 0.3) is 5.76 Å². The molecule has 11 heteroatoms. The summed E-state index contributed by atoms with van der Waals surface area (Å²) in [6.45, 7) is 6.58. The lowest BCUT2D eigenvalue weighted by Gasteiger charge is -2.24. The molecule has 1 amide bonds. The molecule has 0 radical (unpaired) electrons. The van der Waals surface area contributed by atoms with Crippen molar-refractivity contribution in [3.8, 4) is 23.0 Å². The highest BCUT2D eigenvalue weighted by molar-refractivity contribution is 7.15. The quantitative estimate of drug-likeness (QED) is 0.139. The van der Waals surface area contributed by atoms with Crippen LogP contribution in [0.5, 0.6) is 23.0 Å². The summed E-state index contributed by atoms with van der Waals surface area (Å²) in [6.07, 6.45) is 1.93. The third kappa shape index (κ3) is 5.46. The molecule has 10 nitrogen and oxygen atoms in total. The van der Waals surface area contributed by atoms with Crippen LogP contribution in [0.2, 0.25) is 0 Å². The number of hydrogen-bond donors (Lipinski definition) is 1. The number of aliphatic hydroxyl groups is 1. The predicted molar refractivity (Wildman–Crippen MR) is 152 cm³/mol. The van der Waals surface area contributed by atoms with Gasteiger partial charge in [0.2, 0.25) is 10.9 Å². The maximum Gasteiger partial charge on any atom is 0.301 e. The molecule has 4 rings (SSSR count). The molecule has 1 fully saturated rings. The smallest absolute Gasteiger partial charge is 0.301 e. The molecule has 0 saturated carbocycles. The summed E-state index contributed by atoms with van der Waals surface area (Å²) in [6, 6.07) is 8.99. The van der Waals surface area contributed by atoms with Crippen molar-refractivity contribution in [2.75, 3.05) is 32.8 Å². The zero-order valence-electron chi connectivity index (χ0n) is 23.4. The van der Waals surface area contributed by atoms with Crippen LogP contribution in [0.1, 0.15) is 61.7 Å². The monoisotopic (exact) mass is 567 g/mol. The number of Topliss-reactive ketones (excluding diaryl/α,β-unsaturated/α-hetero) is 1. The lowest BCUT2D eigenvalue weighted by atomic mass is 9.94. The summed E-state index contributed by atoms with van der Waals surface area (Å²) in [5.41, 5.74) is 0.717. The summed E-state index contributed by atoms with van der Waals surface area (Å²) < 4.78 is 22.2. The highest BCUT2D eigenvalue weighted by atomic mass is 32.1. The number of aromatic nitrogens is 2. The van der Waals surface area contributed by atoms with Crippen molar-refractivity contribution in [3.05, 3.63) is 58.1 Å². The van der Waals surface area contributed by atoms with Gasteiger partial charge in [-0.3, -0.25) is 14.5 Å². The van der Waals surface area contributed by atoms with Crippen molar-refractivity contribution < 1.29 is 33.6 Å². The number of carbonyl (C=O) groups is 2. The Labute approximate surface area is 237 Å². The van der Waals surface area contributed by atoms with Gasteiger partial charge in [-0.2, -0.15) is 0 Å². The van der Waals surface area contributed by atoms with Gasteiger partial charge in [0.1, 0.15) is 16.5 Å². The molecule has 0 unspecified atom stereocenters. The van der Waals surface area contributed by atoms with Gasteiger partial charge in [-0.05, 0) is 48.4 Å². The number of hydrogen-bond acceptors (Lipinski definition) is 10. The van der Waals surface area contributed by atoms with Crippen LogP contribution in [0.15, 0.2) is 42.0 Å². The van der Waals surface area contributed by atoms with Gasteiger partial charge in [0.05, 0.1) is 39.6 Å². The standard InChI is InChI=1S/C29H33N3O7S/c1-7-8-13-39-19-11-9-17(10-12-19)24(33)22-23(18-14-20(36-4)26(38-6)21(15-18)37-5)32(28(35)25(22)34)29-31-30-27(40-29)16(2)3/h9-12,14-16,23,33H,7-8,13H2,1-6H3/t23-/m1/s1. The van der Waals surface area contributed by atoms with E-state index in [4.69, 9.17) is 18.9 Å². The summed E-state index contributed by atoms with van der Waals surface area (Å²) in [5, 5.41) is 20.9. The van der Waals surface area contributed by atoms with Gasteiger partial charge in [0, 0.05) is 11.5 Å². The number of nitrogens with zero attached hydrogens (tertiary/aromatic N) is 3. The third-order valence-electron chi connectivity index (χ3n) is 6.47. The molecule has 0 bridgehead atoms. The normalized spacial score (nSPS) is 16.5. The molecule has 1 aliphatic rings. The van der Waals surface area contributed by atoms with Crippen LogP contribution in [0.4, 0.5) is 5.13 Å². The van der Waals surface area contributed by atoms with Gasteiger partial charge in [0.15, 0.2) is 11.5 Å². The molecule has 1 N–H and O–H groups in total. The van der Waals surface area contributed by atoms with Gasteiger partial charge in [0.25, 0.3) is 5.78 Å². The molecule has 2 aromatic carbocycles. The summed E-state index contributed by atoms with van der Waals surface area (Å²) in [5.74, 6) is -0.280. The number of methoxy groups -OCH3 is 3. The number of ketones is 1. The zero-order chi connectivity index (χ0) is 29.0. The molecule has 0 aliphatic carbocycles. The van der Waals surface area contributed by atoms with E-state index in [0.29, 0.717) is 45.7 Å². The van der Waals surface area contributed by atoms with Crippen molar-refractivity contribution >= 4 is 33.9 Å². The van der Waals surface area contributed by atoms with Crippen molar-refractivity contribution in [3.63, 3.8) is 0 Å². The van der Waals surface area contributed by atoms with E-state index in [1.54, 1.807) is 36.4 Å². The van der Waals surface area contributed by atoms with Crippen molar-refractivity contribution in [1.29, 1.82) is 0 Å². The minimum absolute atomic E-state index is 0.0701. The Hall–Kier alpha value is -4.12. The van der Waals surface area contributed by atoms with E-state index < -0.39 is 17.7 Å². The minimum atomic E-state index is -1.04. The van der Waals surface area contributed by atoms with Gasteiger partial charge in [-0.1, -0.05) is 38.5 Å². The Kier molecular flexibility index (Phi) is 8.93. The third-order valence-corrected chi connectivity index (χ3v) is 7.69. The van der Waals surface area contributed by atoms with E-state index >= 15 is 0 Å². The number of carbonyl (C=O) groups excluding carboxylic acids is 2. The summed E-state index contributed by atoms with van der Waals surface area (Å²) in [4.78, 5) is 28.3. The molecule has 0 spiro atoms. The van der Waals surface area contributed by atoms with Crippen LogP contribution >= 0.6 is 11.3 Å². The Balaban J connectivity index is 1.89.